The van der Waals surface area contributed by atoms with E-state index in [0.29, 0.717) is 19.6 Å². The second-order valence-electron chi connectivity index (χ2n) is 10.7. The van der Waals surface area contributed by atoms with Gasteiger partial charge in [-0.15, -0.1) is 0 Å². The average Bonchev–Trinajstić information content (AvgIpc) is 3.15. The van der Waals surface area contributed by atoms with Crippen molar-refractivity contribution in [2.75, 3.05) is 11.9 Å². The molecule has 5 nitrogen and oxygen atoms in total. The number of hydrogen-bond acceptors (Lipinski definition) is 4. The van der Waals surface area contributed by atoms with E-state index >= 15 is 0 Å². The Balaban J connectivity index is 1.23. The highest BCUT2D eigenvalue weighted by Gasteiger charge is 2.42. The summed E-state index contributed by atoms with van der Waals surface area (Å²) in [6.07, 6.45) is 5.96. The van der Waals surface area contributed by atoms with Crippen LogP contribution in [-0.2, 0) is 23.4 Å². The highest BCUT2D eigenvalue weighted by molar-refractivity contribution is 5.68. The fourth-order valence-corrected chi connectivity index (χ4v) is 5.50. The lowest BCUT2D eigenvalue weighted by atomic mass is 9.80. The Morgan fingerprint density at radius 1 is 1.00 bits per heavy atom. The van der Waals surface area contributed by atoms with Crippen molar-refractivity contribution in [3.8, 4) is 11.5 Å². The lowest BCUT2D eigenvalue weighted by Gasteiger charge is -2.31. The molecule has 0 radical (unpaired) electrons. The summed E-state index contributed by atoms with van der Waals surface area (Å²) >= 11 is 0. The van der Waals surface area contributed by atoms with Gasteiger partial charge >= 0.3 is 5.97 Å². The molecule has 2 unspecified atom stereocenters. The van der Waals surface area contributed by atoms with Crippen molar-refractivity contribution < 1.29 is 19.4 Å². The monoisotopic (exact) mass is 499 g/mol. The van der Waals surface area contributed by atoms with Crippen LogP contribution in [0.5, 0.6) is 11.5 Å². The van der Waals surface area contributed by atoms with Crippen molar-refractivity contribution >= 4 is 11.7 Å². The van der Waals surface area contributed by atoms with Crippen molar-refractivity contribution in [1.29, 1.82) is 0 Å². The molecular formula is C32H37NO4. The van der Waals surface area contributed by atoms with Crippen LogP contribution in [0.3, 0.4) is 0 Å². The first-order valence-electron chi connectivity index (χ1n) is 13.5. The van der Waals surface area contributed by atoms with E-state index in [1.807, 2.05) is 12.1 Å². The van der Waals surface area contributed by atoms with Gasteiger partial charge in [0.1, 0.15) is 18.1 Å². The van der Waals surface area contributed by atoms with Crippen molar-refractivity contribution in [3.05, 3.63) is 89.0 Å². The topological polar surface area (TPSA) is 67.8 Å². The minimum atomic E-state index is -0.798. The predicted molar refractivity (Wildman–Crippen MR) is 146 cm³/mol. The number of nitrogens with one attached hydrogen (secondary N) is 1. The minimum Gasteiger partial charge on any atom is -0.494 e. The molecule has 0 aromatic heterocycles. The van der Waals surface area contributed by atoms with Gasteiger partial charge in [-0.2, -0.15) is 0 Å². The maximum Gasteiger partial charge on any atom is 0.303 e. The lowest BCUT2D eigenvalue weighted by molar-refractivity contribution is -0.137. The molecule has 0 bridgehead atoms. The molecule has 2 atom stereocenters. The van der Waals surface area contributed by atoms with Gasteiger partial charge in [0.15, 0.2) is 0 Å². The van der Waals surface area contributed by atoms with Crippen molar-refractivity contribution in [1.82, 2.24) is 0 Å². The van der Waals surface area contributed by atoms with Gasteiger partial charge in [-0.3, -0.25) is 4.79 Å². The van der Waals surface area contributed by atoms with Crippen LogP contribution < -0.4 is 14.8 Å². The molecule has 0 saturated heterocycles. The Morgan fingerprint density at radius 3 is 2.41 bits per heavy atom. The van der Waals surface area contributed by atoms with E-state index in [4.69, 9.17) is 14.6 Å². The molecule has 1 fully saturated rings. The summed E-state index contributed by atoms with van der Waals surface area (Å²) in [4.78, 5) is 10.7. The van der Waals surface area contributed by atoms with Gasteiger partial charge in [0.05, 0.1) is 12.1 Å². The fraction of sp³-hybridized carbons (Fsp3) is 0.406. The number of hydrogen-bond donors (Lipinski definition) is 2. The number of rotatable bonds is 11. The summed E-state index contributed by atoms with van der Waals surface area (Å²) in [5.41, 5.74) is 5.82. The predicted octanol–water partition coefficient (Wildman–Crippen LogP) is 7.30. The molecule has 3 aromatic rings. The third-order valence-corrected chi connectivity index (χ3v) is 8.18. The number of aliphatic carboxylic acids is 1. The Labute approximate surface area is 219 Å². The number of fused-ring (bicyclic) bond motifs is 1. The van der Waals surface area contributed by atoms with Crippen LogP contribution in [0.2, 0.25) is 0 Å². The van der Waals surface area contributed by atoms with Gasteiger partial charge < -0.3 is 19.9 Å². The fourth-order valence-electron chi connectivity index (χ4n) is 5.50. The highest BCUT2D eigenvalue weighted by Crippen LogP contribution is 2.51. The van der Waals surface area contributed by atoms with Crippen LogP contribution >= 0.6 is 0 Å². The number of anilines is 1. The summed E-state index contributed by atoms with van der Waals surface area (Å²) < 4.78 is 12.1. The van der Waals surface area contributed by atoms with Gasteiger partial charge in [0, 0.05) is 23.6 Å². The molecule has 1 saturated carbocycles. The summed E-state index contributed by atoms with van der Waals surface area (Å²) in [6, 6.07) is 23.3. The first kappa shape index (κ1) is 25.2. The smallest absolute Gasteiger partial charge is 0.303 e. The first-order chi connectivity index (χ1) is 17.9. The van der Waals surface area contributed by atoms with E-state index in [1.165, 1.54) is 47.9 Å². The molecule has 37 heavy (non-hydrogen) atoms. The van der Waals surface area contributed by atoms with E-state index in [-0.39, 0.29) is 17.9 Å². The maximum atomic E-state index is 10.7. The van der Waals surface area contributed by atoms with E-state index in [2.05, 4.69) is 73.8 Å². The van der Waals surface area contributed by atoms with Crippen molar-refractivity contribution in [2.45, 2.75) is 70.4 Å². The summed E-state index contributed by atoms with van der Waals surface area (Å²) in [7, 11) is 0. The summed E-state index contributed by atoms with van der Waals surface area (Å²) in [5.74, 6) is 1.96. The molecule has 1 heterocycles. The number of benzene rings is 3. The standard InChI is InChI=1S/C32H37NO4/c1-22-31-28(33-32(22,2)26-15-17-27(18-16-26)36-19-5-10-30(34)35)8-4-9-29(31)37-21-25-13-11-24(12-14-25)20-23-6-3-7-23/h4,8-9,11-18,22-23,33H,3,5-7,10,19-21H2,1-2H3,(H,34,35). The molecule has 0 amide bonds. The van der Waals surface area contributed by atoms with Crippen LogP contribution in [0.15, 0.2) is 66.7 Å². The Bertz CT molecular complexity index is 1220. The molecule has 194 valence electrons. The van der Waals surface area contributed by atoms with Crippen LogP contribution in [0.1, 0.15) is 74.1 Å². The zero-order valence-corrected chi connectivity index (χ0v) is 21.8. The molecule has 3 aromatic carbocycles. The van der Waals surface area contributed by atoms with E-state index in [9.17, 15) is 4.79 Å². The maximum absolute atomic E-state index is 10.7. The lowest BCUT2D eigenvalue weighted by Crippen LogP contribution is -2.31. The van der Waals surface area contributed by atoms with E-state index in [1.54, 1.807) is 0 Å². The Morgan fingerprint density at radius 2 is 1.73 bits per heavy atom. The molecule has 1 aliphatic carbocycles. The van der Waals surface area contributed by atoms with Crippen LogP contribution in [0.4, 0.5) is 5.69 Å². The zero-order valence-electron chi connectivity index (χ0n) is 21.8. The summed E-state index contributed by atoms with van der Waals surface area (Å²) in [5, 5.41) is 12.5. The molecule has 5 heteroatoms. The molecule has 2 N–H and O–H groups in total. The molecule has 0 spiro atoms. The van der Waals surface area contributed by atoms with Gasteiger partial charge in [-0.1, -0.05) is 68.7 Å². The second-order valence-corrected chi connectivity index (χ2v) is 10.7. The molecule has 1 aliphatic heterocycles. The quantitative estimate of drug-likeness (QED) is 0.271. The van der Waals surface area contributed by atoms with Crippen molar-refractivity contribution in [3.63, 3.8) is 0 Å². The molecule has 2 aliphatic rings. The minimum absolute atomic E-state index is 0.117. The van der Waals surface area contributed by atoms with Gasteiger partial charge in [0.25, 0.3) is 0 Å². The van der Waals surface area contributed by atoms with Crippen LogP contribution in [0.25, 0.3) is 0 Å². The van der Waals surface area contributed by atoms with Crippen molar-refractivity contribution in [2.24, 2.45) is 5.92 Å². The van der Waals surface area contributed by atoms with Gasteiger partial charge in [-0.25, -0.2) is 0 Å². The Hall–Kier alpha value is -3.47. The largest absolute Gasteiger partial charge is 0.494 e. The Kier molecular flexibility index (Phi) is 7.40. The molecular weight excluding hydrogens is 462 g/mol. The third-order valence-electron chi connectivity index (χ3n) is 8.18. The molecule has 5 rings (SSSR count). The number of ether oxygens (including phenoxy) is 2. The van der Waals surface area contributed by atoms with Crippen LogP contribution in [-0.4, -0.2) is 17.7 Å². The normalized spacial score (nSPS) is 20.5. The van der Waals surface area contributed by atoms with E-state index < -0.39 is 5.97 Å². The highest BCUT2D eigenvalue weighted by atomic mass is 16.5. The SMILES string of the molecule is CC1c2c(cccc2OCc2ccc(CC3CCC3)cc2)NC1(C)c1ccc(OCCCC(=O)O)cc1. The third kappa shape index (κ3) is 5.61. The zero-order chi connectivity index (χ0) is 25.8. The van der Waals surface area contributed by atoms with Gasteiger partial charge in [0.2, 0.25) is 0 Å². The number of carbonyl (C=O) groups is 1. The number of carboxylic acid groups (broad SMARTS) is 1. The number of carboxylic acids is 1. The average molecular weight is 500 g/mol. The van der Waals surface area contributed by atoms with E-state index in [0.717, 1.165) is 23.1 Å². The summed E-state index contributed by atoms with van der Waals surface area (Å²) in [6.45, 7) is 5.42. The second kappa shape index (κ2) is 10.9. The van der Waals surface area contributed by atoms with Crippen LogP contribution in [0, 0.1) is 5.92 Å². The first-order valence-corrected chi connectivity index (χ1v) is 13.5. The van der Waals surface area contributed by atoms with Gasteiger partial charge in [-0.05, 0) is 66.6 Å².